The molecule has 3 aliphatic rings. The third-order valence-corrected chi connectivity index (χ3v) is 8.52. The van der Waals surface area contributed by atoms with E-state index < -0.39 is 29.3 Å². The number of carbonyl (C=O) groups is 2. The topological polar surface area (TPSA) is 124 Å². The van der Waals surface area contributed by atoms with Gasteiger partial charge in [0.2, 0.25) is 5.91 Å². The smallest absolute Gasteiger partial charge is 0.251 e. The van der Waals surface area contributed by atoms with Crippen molar-refractivity contribution in [1.29, 1.82) is 5.41 Å². The van der Waals surface area contributed by atoms with E-state index in [0.29, 0.717) is 42.1 Å². The Hall–Kier alpha value is -3.59. The molecule has 0 unspecified atom stereocenters. The van der Waals surface area contributed by atoms with Crippen LogP contribution in [0.4, 0.5) is 0 Å². The molecule has 0 radical (unpaired) electrons. The van der Waals surface area contributed by atoms with Crippen LogP contribution < -0.4 is 20.1 Å². The number of rotatable bonds is 5. The highest BCUT2D eigenvalue weighted by molar-refractivity contribution is 6.00. The number of nitrogens with zero attached hydrogens (tertiary/aromatic N) is 1. The number of guanidine groups is 1. The Morgan fingerprint density at radius 2 is 1.87 bits per heavy atom. The zero-order chi connectivity index (χ0) is 28.1. The van der Waals surface area contributed by atoms with Gasteiger partial charge in [-0.2, -0.15) is 0 Å². The summed E-state index contributed by atoms with van der Waals surface area (Å²) >= 11 is 0. The summed E-state index contributed by atoms with van der Waals surface area (Å²) < 4.78 is 11.9. The van der Waals surface area contributed by atoms with Crippen molar-refractivity contribution in [2.24, 2.45) is 0 Å². The second-order valence-corrected chi connectivity index (χ2v) is 11.4. The molecule has 0 saturated carbocycles. The molecule has 0 aliphatic carbocycles. The Balaban J connectivity index is 1.44. The SMILES string of the molecule is CCC1(CC)CC(=O)N([C@@H]2CCOc3ccc(C(=O)N[C@H]4c5cc(C)ccc5OC(C)(C)[C@@H]4O)cc32)C(=N)N1. The first-order chi connectivity index (χ1) is 18.5. The highest BCUT2D eigenvalue weighted by Gasteiger charge is 2.45. The van der Waals surface area contributed by atoms with Crippen LogP contribution in [0.5, 0.6) is 11.5 Å². The van der Waals surface area contributed by atoms with Crippen molar-refractivity contribution in [3.8, 4) is 11.5 Å². The summed E-state index contributed by atoms with van der Waals surface area (Å²) in [5.41, 5.74) is 1.49. The van der Waals surface area contributed by atoms with Crippen molar-refractivity contribution in [3.63, 3.8) is 0 Å². The van der Waals surface area contributed by atoms with Gasteiger partial charge in [0.25, 0.3) is 5.91 Å². The van der Waals surface area contributed by atoms with Crippen LogP contribution in [0.3, 0.4) is 0 Å². The molecule has 2 aromatic rings. The third kappa shape index (κ3) is 4.73. The molecule has 4 N–H and O–H groups in total. The minimum absolute atomic E-state index is 0.0854. The number of carbonyl (C=O) groups excluding carboxylic acids is 2. The van der Waals surface area contributed by atoms with Gasteiger partial charge in [-0.15, -0.1) is 0 Å². The van der Waals surface area contributed by atoms with Gasteiger partial charge in [-0.1, -0.05) is 31.5 Å². The molecule has 3 atom stereocenters. The van der Waals surface area contributed by atoms with Gasteiger partial charge in [-0.25, -0.2) is 0 Å². The molecular weight excluding hydrogens is 496 g/mol. The van der Waals surface area contributed by atoms with Gasteiger partial charge in [0.1, 0.15) is 23.2 Å². The normalized spacial score (nSPS) is 25.0. The molecule has 3 heterocycles. The Morgan fingerprint density at radius 3 is 2.56 bits per heavy atom. The van der Waals surface area contributed by atoms with Crippen LogP contribution in [0.2, 0.25) is 0 Å². The second-order valence-electron chi connectivity index (χ2n) is 11.4. The number of fused-ring (bicyclic) bond motifs is 2. The third-order valence-electron chi connectivity index (χ3n) is 8.52. The molecule has 0 spiro atoms. The Morgan fingerprint density at radius 1 is 1.15 bits per heavy atom. The fourth-order valence-corrected chi connectivity index (χ4v) is 5.95. The molecule has 5 rings (SSSR count). The highest BCUT2D eigenvalue weighted by atomic mass is 16.5. The fraction of sp³-hybridized carbons (Fsp3) is 0.500. The van der Waals surface area contributed by atoms with Crippen LogP contribution in [0.25, 0.3) is 0 Å². The van der Waals surface area contributed by atoms with Crippen LogP contribution in [0.1, 0.15) is 92.5 Å². The van der Waals surface area contributed by atoms with Crippen molar-refractivity contribution in [2.75, 3.05) is 6.61 Å². The molecule has 208 valence electrons. The largest absolute Gasteiger partial charge is 0.493 e. The monoisotopic (exact) mass is 534 g/mol. The van der Waals surface area contributed by atoms with E-state index in [2.05, 4.69) is 10.6 Å². The lowest BCUT2D eigenvalue weighted by Crippen LogP contribution is -2.62. The number of hydrogen-bond donors (Lipinski definition) is 4. The van der Waals surface area contributed by atoms with Crippen LogP contribution >= 0.6 is 0 Å². The summed E-state index contributed by atoms with van der Waals surface area (Å²) in [6.07, 6.45) is 1.35. The summed E-state index contributed by atoms with van der Waals surface area (Å²) in [7, 11) is 0. The zero-order valence-electron chi connectivity index (χ0n) is 23.3. The standard InChI is InChI=1S/C30H38N4O5/c1-6-30(7-2)16-24(35)34(28(31)33-30)21-12-13-38-22-11-9-18(15-19(21)22)27(37)32-25-20-14-17(3)8-10-23(20)39-29(4,5)26(25)36/h8-11,14-15,21,25-26,36H,6-7,12-13,16H2,1-5H3,(H2,31,33)(H,32,37)/t21-,25+,26-/m1/s1. The summed E-state index contributed by atoms with van der Waals surface area (Å²) in [4.78, 5) is 28.5. The minimum atomic E-state index is -0.973. The van der Waals surface area contributed by atoms with Gasteiger partial charge in [0, 0.05) is 28.7 Å². The number of aliphatic hydroxyl groups is 1. The molecule has 9 heteroatoms. The molecule has 39 heavy (non-hydrogen) atoms. The summed E-state index contributed by atoms with van der Waals surface area (Å²) in [5.74, 6) is 0.853. The van der Waals surface area contributed by atoms with E-state index in [0.717, 1.165) is 24.0 Å². The molecule has 1 saturated heterocycles. The van der Waals surface area contributed by atoms with Gasteiger partial charge in [-0.3, -0.25) is 19.9 Å². The van der Waals surface area contributed by atoms with E-state index >= 15 is 0 Å². The van der Waals surface area contributed by atoms with Crippen molar-refractivity contribution in [1.82, 2.24) is 15.5 Å². The molecule has 3 aliphatic heterocycles. The number of nitrogens with one attached hydrogen (secondary N) is 3. The maximum atomic E-state index is 13.6. The summed E-state index contributed by atoms with van der Waals surface area (Å²) in [6.45, 7) is 10.0. The van der Waals surface area contributed by atoms with Crippen molar-refractivity contribution in [3.05, 3.63) is 58.7 Å². The molecular formula is C30H38N4O5. The minimum Gasteiger partial charge on any atom is -0.493 e. The number of ether oxygens (including phenoxy) is 2. The van der Waals surface area contributed by atoms with Crippen LogP contribution in [0, 0.1) is 12.3 Å². The first kappa shape index (κ1) is 27.0. The molecule has 1 fully saturated rings. The van der Waals surface area contributed by atoms with E-state index in [1.54, 1.807) is 32.0 Å². The lowest BCUT2D eigenvalue weighted by atomic mass is 9.85. The first-order valence-corrected chi connectivity index (χ1v) is 13.7. The van der Waals surface area contributed by atoms with Crippen LogP contribution in [-0.4, -0.2) is 51.6 Å². The molecule has 9 nitrogen and oxygen atoms in total. The maximum absolute atomic E-state index is 13.6. The molecule has 0 bridgehead atoms. The number of aliphatic hydroxyl groups excluding tert-OH is 1. The van der Waals surface area contributed by atoms with Gasteiger partial charge in [-0.05, 0) is 57.9 Å². The summed E-state index contributed by atoms with van der Waals surface area (Å²) in [6, 6.07) is 9.80. The Labute approximate surface area is 229 Å². The number of benzene rings is 2. The predicted octanol–water partition coefficient (Wildman–Crippen LogP) is 4.14. The van der Waals surface area contributed by atoms with Crippen LogP contribution in [0.15, 0.2) is 36.4 Å². The number of amides is 2. The van der Waals surface area contributed by atoms with Crippen LogP contribution in [-0.2, 0) is 4.79 Å². The average Bonchev–Trinajstić information content (AvgIpc) is 2.91. The van der Waals surface area contributed by atoms with E-state index in [1.165, 1.54) is 4.90 Å². The number of hydrogen-bond acceptors (Lipinski definition) is 6. The maximum Gasteiger partial charge on any atom is 0.251 e. The average molecular weight is 535 g/mol. The molecule has 2 amide bonds. The van der Waals surface area contributed by atoms with Crippen molar-refractivity contribution < 1.29 is 24.2 Å². The Kier molecular flexibility index (Phi) is 6.83. The van der Waals surface area contributed by atoms with Gasteiger partial charge < -0.3 is 25.2 Å². The van der Waals surface area contributed by atoms with Crippen molar-refractivity contribution in [2.45, 2.75) is 89.6 Å². The van der Waals surface area contributed by atoms with E-state index in [1.807, 2.05) is 39.0 Å². The van der Waals surface area contributed by atoms with Gasteiger partial charge >= 0.3 is 0 Å². The van der Waals surface area contributed by atoms with Gasteiger partial charge in [0.15, 0.2) is 5.96 Å². The zero-order valence-corrected chi connectivity index (χ0v) is 23.3. The molecule has 2 aromatic carbocycles. The predicted molar refractivity (Wildman–Crippen MR) is 147 cm³/mol. The summed E-state index contributed by atoms with van der Waals surface area (Å²) in [5, 5.41) is 26.2. The lowest BCUT2D eigenvalue weighted by molar-refractivity contribution is -0.133. The van der Waals surface area contributed by atoms with E-state index in [-0.39, 0.29) is 17.8 Å². The second kappa shape index (κ2) is 9.86. The lowest BCUT2D eigenvalue weighted by Gasteiger charge is -2.45. The quantitative estimate of drug-likeness (QED) is 0.457. The first-order valence-electron chi connectivity index (χ1n) is 13.7. The fourth-order valence-electron chi connectivity index (χ4n) is 5.95. The highest BCUT2D eigenvalue weighted by Crippen LogP contribution is 2.42. The van der Waals surface area contributed by atoms with Gasteiger partial charge in [0.05, 0.1) is 25.1 Å². The Bertz CT molecular complexity index is 1300. The van der Waals surface area contributed by atoms with E-state index in [4.69, 9.17) is 14.9 Å². The molecule has 0 aromatic heterocycles. The van der Waals surface area contributed by atoms with Crippen molar-refractivity contribution >= 4 is 17.8 Å². The van der Waals surface area contributed by atoms with E-state index in [9.17, 15) is 14.7 Å². The number of aryl methyl sites for hydroxylation is 1.